The number of hydrogen-bond donors (Lipinski definition) is 10. The summed E-state index contributed by atoms with van der Waals surface area (Å²) in [5.74, 6) is -4.54. The number of cyclic esters (lactones) is 1. The third kappa shape index (κ3) is 29.7. The molecule has 2 aliphatic carbocycles. The fourth-order valence-corrected chi connectivity index (χ4v) is 15.4. The van der Waals surface area contributed by atoms with Gasteiger partial charge in [-0.15, -0.1) is 0 Å². The number of carbonyl (C=O) groups is 8. The number of ether oxygens (including phenoxy) is 15. The van der Waals surface area contributed by atoms with Gasteiger partial charge in [0.05, 0.1) is 194 Å². The first-order chi connectivity index (χ1) is 62.2. The number of aryl methyl sites for hydroxylation is 1. The van der Waals surface area contributed by atoms with Crippen LogP contribution in [0, 0.1) is 18.7 Å². The van der Waals surface area contributed by atoms with Crippen molar-refractivity contribution in [3.8, 4) is 22.5 Å². The van der Waals surface area contributed by atoms with Crippen LogP contribution in [0.15, 0.2) is 89.7 Å². The Kier molecular flexibility index (Phi) is 41.4. The Labute approximate surface area is 743 Å². The van der Waals surface area contributed by atoms with Gasteiger partial charge < -0.3 is 129 Å². The van der Waals surface area contributed by atoms with Gasteiger partial charge in [-0.05, 0) is 127 Å². The number of amides is 8. The SMILES string of the molecule is CC[C@@]1(O)C(=O)OCc2c1cc1n(c2=O)Cc2c-1nc1cc(F)c(C)c3c1c2[C@@H](NC(=O)OCc1ccc(NC(=O)[C@H](CCCNC(N)=O)NC(=O)[C@@H](NC(=O)[C@H](CCCCNC(=O)CCOCCOCCOCCOCCOCCOCCOCCOCCOCCOCCOCCOCCN)NC(=O)OCC2c4ccccc4-c4ccccc42)C(C)C)cc1)CC3. The second kappa shape index (κ2) is 53.0. The quantitative estimate of drug-likeness (QED) is 0.0115. The molecule has 36 nitrogen and oxygen atoms in total. The highest BCUT2D eigenvalue weighted by atomic mass is 19.1. The molecule has 128 heavy (non-hydrogen) atoms. The standard InChI is InChI=1S/C91H124FN11O25/c1-5-91(113)71-53-77-82-68(55-103(77)86(108)70(71)58-126-87(91)109)80-73(24-23-63-60(4)72(92)54-76(98-82)79(63)80)100-89(111)127-56-61-19-21-62(22-20-61)97-83(105)74(18-12-28-96-88(94)110)99-85(107)81(59(2)3)102-84(106)75(101-90(112)128-57-69-66-15-8-6-13-64(66)65-14-7-9-16-67(65)69)17-10-11-27-95-78(104)25-29-114-31-33-116-35-37-118-39-41-120-43-45-122-47-49-124-51-52-125-50-48-123-46-44-121-42-40-119-38-36-117-34-32-115-30-26-93/h6-9,13-16,19-22,53-54,59,69,73-75,81,113H,5,10-12,17-18,23-52,55-58,93H2,1-4H3,(H,95,104)(H,97,105)(H,99,107)(H,100,111)(H,101,112)(H,102,106)(H3,94,96,110)/t73-,74-,75-,81-,91-/m0/s1. The van der Waals surface area contributed by atoms with Crippen LogP contribution >= 0.6 is 0 Å². The van der Waals surface area contributed by atoms with Crippen LogP contribution in [-0.2, 0) is 127 Å². The molecule has 8 amide bonds. The molecule has 0 fully saturated rings. The van der Waals surface area contributed by atoms with E-state index in [2.05, 4.69) is 37.2 Å². The second-order valence-electron chi connectivity index (χ2n) is 31.3. The molecule has 0 saturated carbocycles. The van der Waals surface area contributed by atoms with Crippen molar-refractivity contribution < 1.29 is 119 Å². The summed E-state index contributed by atoms with van der Waals surface area (Å²) in [4.78, 5) is 128. The van der Waals surface area contributed by atoms with Crippen LogP contribution in [0.3, 0.4) is 0 Å². The lowest BCUT2D eigenvalue weighted by Crippen LogP contribution is -2.57. The lowest BCUT2D eigenvalue weighted by molar-refractivity contribution is -0.172. The van der Waals surface area contributed by atoms with Gasteiger partial charge in [-0.25, -0.2) is 28.6 Å². The summed E-state index contributed by atoms with van der Waals surface area (Å²) in [7, 11) is 0. The number of nitrogens with one attached hydrogen (secondary N) is 7. The number of carbonyl (C=O) groups excluding carboxylic acids is 8. The van der Waals surface area contributed by atoms with E-state index in [4.69, 9.17) is 87.5 Å². The van der Waals surface area contributed by atoms with E-state index in [1.54, 1.807) is 58.0 Å². The smallest absolute Gasteiger partial charge is 0.407 e. The molecule has 700 valence electrons. The summed E-state index contributed by atoms with van der Waals surface area (Å²) in [6, 6.07) is 19.8. The van der Waals surface area contributed by atoms with Gasteiger partial charge in [0.2, 0.25) is 23.6 Å². The summed E-state index contributed by atoms with van der Waals surface area (Å²) in [5.41, 5.74) is 16.6. The van der Waals surface area contributed by atoms with Crippen molar-refractivity contribution in [2.75, 3.05) is 190 Å². The molecule has 0 saturated heterocycles. The predicted octanol–water partition coefficient (Wildman–Crippen LogP) is 6.20. The van der Waals surface area contributed by atoms with Crippen LogP contribution in [0.1, 0.15) is 134 Å². The third-order valence-electron chi connectivity index (χ3n) is 22.1. The van der Waals surface area contributed by atoms with E-state index in [0.29, 0.717) is 228 Å². The minimum atomic E-state index is -2.07. The fourth-order valence-electron chi connectivity index (χ4n) is 15.4. The second-order valence-corrected chi connectivity index (χ2v) is 31.3. The maximum atomic E-state index is 15.6. The van der Waals surface area contributed by atoms with Crippen LogP contribution in [0.2, 0.25) is 0 Å². The number of nitrogens with zero attached hydrogens (tertiary/aromatic N) is 2. The molecule has 10 rings (SSSR count). The number of pyridine rings is 2. The van der Waals surface area contributed by atoms with Gasteiger partial charge in [-0.3, -0.25) is 24.0 Å². The van der Waals surface area contributed by atoms with Gasteiger partial charge in [-0.2, -0.15) is 0 Å². The lowest BCUT2D eigenvalue weighted by atomic mass is 9.81. The Morgan fingerprint density at radius 1 is 0.602 bits per heavy atom. The zero-order valence-corrected chi connectivity index (χ0v) is 73.5. The Hall–Kier alpha value is -10.2. The van der Waals surface area contributed by atoms with Crippen LogP contribution in [-0.4, -0.2) is 265 Å². The van der Waals surface area contributed by atoms with Crippen LogP contribution in [0.5, 0.6) is 0 Å². The van der Waals surface area contributed by atoms with Crippen LogP contribution < -0.4 is 54.2 Å². The lowest BCUT2D eigenvalue weighted by Gasteiger charge is -2.31. The summed E-state index contributed by atoms with van der Waals surface area (Å²) in [6.07, 6.45) is 0.0857. The van der Waals surface area contributed by atoms with E-state index >= 15 is 4.39 Å². The number of benzene rings is 4. The Morgan fingerprint density at radius 3 is 1.66 bits per heavy atom. The van der Waals surface area contributed by atoms with Gasteiger partial charge in [0.15, 0.2) is 5.60 Å². The molecule has 4 heterocycles. The summed E-state index contributed by atoms with van der Waals surface area (Å²) in [6.45, 7) is 17.1. The van der Waals surface area contributed by atoms with Crippen molar-refractivity contribution in [2.45, 2.75) is 141 Å². The van der Waals surface area contributed by atoms with Crippen molar-refractivity contribution in [1.82, 2.24) is 41.5 Å². The zero-order valence-electron chi connectivity index (χ0n) is 73.5. The molecule has 2 aliphatic heterocycles. The highest BCUT2D eigenvalue weighted by molar-refractivity contribution is 5.99. The number of unbranched alkanes of at least 4 members (excludes halogenated alkanes) is 1. The highest BCUT2D eigenvalue weighted by Crippen LogP contribution is 2.47. The van der Waals surface area contributed by atoms with Gasteiger partial charge in [0.1, 0.15) is 43.8 Å². The maximum Gasteiger partial charge on any atom is 0.407 e. The van der Waals surface area contributed by atoms with E-state index in [1.807, 2.05) is 48.5 Å². The van der Waals surface area contributed by atoms with Crippen LogP contribution in [0.4, 0.5) is 24.5 Å². The highest BCUT2D eigenvalue weighted by Gasteiger charge is 2.46. The number of alkyl carbamates (subject to hydrolysis) is 2. The number of primary amides is 1. The topological polar surface area (TPSA) is 466 Å². The average molecular weight is 1790 g/mol. The largest absolute Gasteiger partial charge is 0.458 e. The molecule has 4 aliphatic rings. The van der Waals surface area contributed by atoms with E-state index in [-0.39, 0.29) is 108 Å². The van der Waals surface area contributed by atoms with Gasteiger partial charge in [0, 0.05) is 60.2 Å². The molecule has 0 radical (unpaired) electrons. The third-order valence-corrected chi connectivity index (χ3v) is 22.1. The molecule has 0 spiro atoms. The van der Waals surface area contributed by atoms with Crippen molar-refractivity contribution in [1.29, 1.82) is 0 Å². The molecular weight excluding hydrogens is 1670 g/mol. The van der Waals surface area contributed by atoms with E-state index in [0.717, 1.165) is 27.8 Å². The Bertz CT molecular complexity index is 4630. The summed E-state index contributed by atoms with van der Waals surface area (Å²) in [5, 5.41) is 31.7. The normalized spacial score (nSPS) is 15.4. The minimum Gasteiger partial charge on any atom is -0.458 e. The van der Waals surface area contributed by atoms with Gasteiger partial charge in [0.25, 0.3) is 5.56 Å². The van der Waals surface area contributed by atoms with Gasteiger partial charge >= 0.3 is 24.2 Å². The van der Waals surface area contributed by atoms with Crippen LogP contribution in [0.25, 0.3) is 33.4 Å². The van der Waals surface area contributed by atoms with E-state index < -0.39 is 89.0 Å². The van der Waals surface area contributed by atoms with Gasteiger partial charge in [-0.1, -0.05) is 81.4 Å². The molecule has 5 atom stereocenters. The molecular formula is C91H124FN11O25. The number of halogens is 1. The maximum absolute atomic E-state index is 15.6. The minimum absolute atomic E-state index is 0.00217. The van der Waals surface area contributed by atoms with Crippen molar-refractivity contribution in [2.24, 2.45) is 17.4 Å². The number of esters is 1. The Balaban J connectivity index is 0.621. The summed E-state index contributed by atoms with van der Waals surface area (Å²) >= 11 is 0. The molecule has 0 bridgehead atoms. The van der Waals surface area contributed by atoms with E-state index in [9.17, 15) is 48.3 Å². The number of rotatable bonds is 61. The van der Waals surface area contributed by atoms with E-state index in [1.165, 1.54) is 10.6 Å². The molecule has 12 N–H and O–H groups in total. The fraction of sp³-hybridized carbons (Fsp3) is 0.560. The first kappa shape index (κ1) is 99.9. The molecule has 0 unspecified atom stereocenters. The number of aliphatic hydroxyl groups is 1. The Morgan fingerprint density at radius 2 is 1.12 bits per heavy atom. The number of anilines is 1. The molecule has 4 aromatic carbocycles. The van der Waals surface area contributed by atoms with Crippen molar-refractivity contribution in [3.05, 3.63) is 151 Å². The van der Waals surface area contributed by atoms with Crippen molar-refractivity contribution >= 4 is 64.4 Å². The number of nitrogens with two attached hydrogens (primary N) is 2. The predicted molar refractivity (Wildman–Crippen MR) is 467 cm³/mol. The number of urea groups is 1. The monoisotopic (exact) mass is 1790 g/mol. The van der Waals surface area contributed by atoms with Crippen molar-refractivity contribution in [3.63, 3.8) is 0 Å². The number of aromatic nitrogens is 2. The first-order valence-electron chi connectivity index (χ1n) is 44.0. The zero-order chi connectivity index (χ0) is 91.0. The number of fused-ring (bicyclic) bond motifs is 8. The molecule has 2 aromatic heterocycles. The number of hydrogen-bond acceptors (Lipinski definition) is 27. The molecule has 37 heteroatoms. The summed E-state index contributed by atoms with van der Waals surface area (Å²) < 4.78 is 100. The molecule has 6 aromatic rings. The first-order valence-corrected chi connectivity index (χ1v) is 44.0. The average Bonchev–Trinajstić information content (AvgIpc) is 1.53.